The smallest absolute Gasteiger partial charge is 0.320 e. The van der Waals surface area contributed by atoms with Gasteiger partial charge in [0.2, 0.25) is 0 Å². The Morgan fingerprint density at radius 2 is 2.15 bits per heavy atom. The lowest BCUT2D eigenvalue weighted by Gasteiger charge is -2.10. The average Bonchev–Trinajstić information content (AvgIpc) is 2.11. The number of carboxylic acids is 1. The van der Waals surface area contributed by atoms with Crippen molar-refractivity contribution in [2.45, 2.75) is 25.8 Å². The third kappa shape index (κ3) is 5.19. The monoisotopic (exact) mass is 189 g/mol. The topological polar surface area (TPSA) is 75.6 Å². The molecule has 13 heavy (non-hydrogen) atoms. The van der Waals surface area contributed by atoms with Crippen molar-refractivity contribution in [1.82, 2.24) is 5.32 Å². The summed E-state index contributed by atoms with van der Waals surface area (Å²) in [6, 6.07) is -0.579. The quantitative estimate of drug-likeness (QED) is 0.575. The molecule has 0 spiro atoms. The first-order chi connectivity index (χ1) is 6.11. The van der Waals surface area contributed by atoms with Gasteiger partial charge in [0.1, 0.15) is 6.04 Å². The Hall–Kier alpha value is -1.10. The first-order valence-electron chi connectivity index (χ1n) is 4.14. The summed E-state index contributed by atoms with van der Waals surface area (Å²) < 4.78 is 4.40. The van der Waals surface area contributed by atoms with E-state index in [1.807, 2.05) is 0 Å². The summed E-state index contributed by atoms with van der Waals surface area (Å²) in [6.07, 6.45) is 0.691. The maximum absolute atomic E-state index is 10.6. The zero-order valence-corrected chi connectivity index (χ0v) is 7.87. The highest BCUT2D eigenvalue weighted by atomic mass is 16.5. The molecule has 0 fully saturated rings. The van der Waals surface area contributed by atoms with E-state index in [9.17, 15) is 9.59 Å². The van der Waals surface area contributed by atoms with Crippen LogP contribution < -0.4 is 5.32 Å². The Morgan fingerprint density at radius 1 is 1.54 bits per heavy atom. The van der Waals surface area contributed by atoms with Crippen LogP contribution in [0.25, 0.3) is 0 Å². The van der Waals surface area contributed by atoms with Crippen molar-refractivity contribution < 1.29 is 19.4 Å². The fraction of sp³-hybridized carbons (Fsp3) is 0.750. The van der Waals surface area contributed by atoms with Crippen LogP contribution in [0.1, 0.15) is 19.8 Å². The lowest BCUT2D eigenvalue weighted by atomic mass is 10.2. The van der Waals surface area contributed by atoms with E-state index in [1.54, 1.807) is 6.92 Å². The minimum Gasteiger partial charge on any atom is -0.480 e. The number of methoxy groups -OCH3 is 1. The highest BCUT2D eigenvalue weighted by Gasteiger charge is 2.13. The van der Waals surface area contributed by atoms with E-state index in [2.05, 4.69) is 10.1 Å². The molecule has 76 valence electrons. The third-order valence-electron chi connectivity index (χ3n) is 1.65. The number of esters is 1. The van der Waals surface area contributed by atoms with Crippen molar-refractivity contribution in [3.05, 3.63) is 0 Å². The number of carbonyl (C=O) groups is 2. The summed E-state index contributed by atoms with van der Waals surface area (Å²) in [7, 11) is 1.30. The van der Waals surface area contributed by atoms with E-state index >= 15 is 0 Å². The van der Waals surface area contributed by atoms with Gasteiger partial charge in [-0.05, 0) is 6.42 Å². The Labute approximate surface area is 77.1 Å². The van der Waals surface area contributed by atoms with Crippen molar-refractivity contribution in [3.8, 4) is 0 Å². The first-order valence-corrected chi connectivity index (χ1v) is 4.14. The van der Waals surface area contributed by atoms with Crippen molar-refractivity contribution in [3.63, 3.8) is 0 Å². The summed E-state index contributed by atoms with van der Waals surface area (Å²) in [5.74, 6) is -1.24. The van der Waals surface area contributed by atoms with Gasteiger partial charge in [-0.3, -0.25) is 9.59 Å². The fourth-order valence-electron chi connectivity index (χ4n) is 0.857. The number of carbonyl (C=O) groups excluding carboxylic acids is 1. The number of ether oxygens (including phenoxy) is 1. The van der Waals surface area contributed by atoms with E-state index in [0.29, 0.717) is 13.0 Å². The molecular weight excluding hydrogens is 174 g/mol. The molecule has 2 N–H and O–H groups in total. The molecule has 5 nitrogen and oxygen atoms in total. The summed E-state index contributed by atoms with van der Waals surface area (Å²) in [5, 5.41) is 11.4. The third-order valence-corrected chi connectivity index (χ3v) is 1.65. The molecular formula is C8H15NO4. The van der Waals surface area contributed by atoms with Crippen LogP contribution in [0.4, 0.5) is 0 Å². The van der Waals surface area contributed by atoms with Crippen molar-refractivity contribution in [2.75, 3.05) is 13.7 Å². The number of hydrogen-bond acceptors (Lipinski definition) is 4. The molecule has 0 aliphatic carbocycles. The van der Waals surface area contributed by atoms with Gasteiger partial charge in [-0.1, -0.05) is 6.92 Å². The van der Waals surface area contributed by atoms with Gasteiger partial charge >= 0.3 is 11.9 Å². The summed E-state index contributed by atoms with van der Waals surface area (Å²) in [5.41, 5.74) is 0. The van der Waals surface area contributed by atoms with Gasteiger partial charge in [0.15, 0.2) is 0 Å². The minimum atomic E-state index is -0.896. The van der Waals surface area contributed by atoms with Crippen LogP contribution in [0.3, 0.4) is 0 Å². The van der Waals surface area contributed by atoms with Gasteiger partial charge in [0.05, 0.1) is 13.5 Å². The predicted octanol–water partition coefficient (Wildman–Crippen LogP) is 0.00230. The molecule has 0 rings (SSSR count). The molecule has 0 radical (unpaired) electrons. The van der Waals surface area contributed by atoms with Crippen LogP contribution in [-0.4, -0.2) is 36.7 Å². The van der Waals surface area contributed by atoms with Crippen molar-refractivity contribution >= 4 is 11.9 Å². The van der Waals surface area contributed by atoms with E-state index < -0.39 is 12.0 Å². The number of aliphatic carboxylic acids is 1. The van der Waals surface area contributed by atoms with E-state index in [-0.39, 0.29) is 12.4 Å². The number of hydrogen-bond donors (Lipinski definition) is 2. The maximum atomic E-state index is 10.6. The number of carboxylic acid groups (broad SMARTS) is 1. The molecule has 0 aliphatic rings. The molecule has 1 unspecified atom stereocenters. The Kier molecular flexibility index (Phi) is 5.88. The van der Waals surface area contributed by atoms with Crippen LogP contribution >= 0.6 is 0 Å². The molecule has 0 amide bonds. The van der Waals surface area contributed by atoms with Crippen LogP contribution in [0, 0.1) is 0 Å². The van der Waals surface area contributed by atoms with Crippen LogP contribution in [-0.2, 0) is 14.3 Å². The summed E-state index contributed by atoms with van der Waals surface area (Å²) in [4.78, 5) is 21.1. The van der Waals surface area contributed by atoms with Crippen LogP contribution in [0.5, 0.6) is 0 Å². The van der Waals surface area contributed by atoms with E-state index in [0.717, 1.165) is 0 Å². The van der Waals surface area contributed by atoms with Gasteiger partial charge in [-0.15, -0.1) is 0 Å². The van der Waals surface area contributed by atoms with E-state index in [1.165, 1.54) is 7.11 Å². The maximum Gasteiger partial charge on any atom is 0.320 e. The second-order valence-corrected chi connectivity index (χ2v) is 2.58. The zero-order valence-electron chi connectivity index (χ0n) is 7.87. The Morgan fingerprint density at radius 3 is 2.54 bits per heavy atom. The van der Waals surface area contributed by atoms with Gasteiger partial charge in [-0.25, -0.2) is 0 Å². The molecule has 0 aromatic heterocycles. The average molecular weight is 189 g/mol. The van der Waals surface area contributed by atoms with Gasteiger partial charge < -0.3 is 15.2 Å². The van der Waals surface area contributed by atoms with Crippen LogP contribution in [0.2, 0.25) is 0 Å². The lowest BCUT2D eigenvalue weighted by Crippen LogP contribution is -2.37. The van der Waals surface area contributed by atoms with Gasteiger partial charge in [-0.2, -0.15) is 0 Å². The first kappa shape index (κ1) is 11.9. The summed E-state index contributed by atoms with van der Waals surface area (Å²) in [6.45, 7) is 2.10. The fourth-order valence-corrected chi connectivity index (χ4v) is 0.857. The normalized spacial score (nSPS) is 12.2. The number of nitrogens with one attached hydrogen (secondary N) is 1. The molecule has 0 aromatic carbocycles. The molecule has 0 heterocycles. The molecule has 1 atom stereocenters. The zero-order chi connectivity index (χ0) is 10.3. The minimum absolute atomic E-state index is 0.195. The van der Waals surface area contributed by atoms with Crippen LogP contribution in [0.15, 0.2) is 0 Å². The predicted molar refractivity (Wildman–Crippen MR) is 46.4 cm³/mol. The second-order valence-electron chi connectivity index (χ2n) is 2.58. The largest absolute Gasteiger partial charge is 0.480 e. The van der Waals surface area contributed by atoms with Crippen molar-refractivity contribution in [2.24, 2.45) is 0 Å². The standard InChI is InChI=1S/C8H15NO4/c1-3-6(8(11)12)9-5-4-7(10)13-2/h6,9H,3-5H2,1-2H3,(H,11,12). The summed E-state index contributed by atoms with van der Waals surface area (Å²) >= 11 is 0. The van der Waals surface area contributed by atoms with Gasteiger partial charge in [0, 0.05) is 6.54 Å². The Bertz CT molecular complexity index is 181. The lowest BCUT2D eigenvalue weighted by molar-refractivity contribution is -0.142. The molecule has 0 bridgehead atoms. The Balaban J connectivity index is 3.61. The highest BCUT2D eigenvalue weighted by Crippen LogP contribution is 1.91. The highest BCUT2D eigenvalue weighted by molar-refractivity contribution is 5.73. The second kappa shape index (κ2) is 6.42. The van der Waals surface area contributed by atoms with Crippen molar-refractivity contribution in [1.29, 1.82) is 0 Å². The SMILES string of the molecule is CCC(NCCC(=O)OC)C(=O)O. The molecule has 0 saturated heterocycles. The van der Waals surface area contributed by atoms with Gasteiger partial charge in [0.25, 0.3) is 0 Å². The molecule has 5 heteroatoms. The number of rotatable bonds is 6. The molecule has 0 aromatic rings. The molecule has 0 saturated carbocycles. The van der Waals surface area contributed by atoms with E-state index in [4.69, 9.17) is 5.11 Å². The molecule has 0 aliphatic heterocycles.